The second kappa shape index (κ2) is 4.59. The monoisotopic (exact) mass is 182 g/mol. The summed E-state index contributed by atoms with van der Waals surface area (Å²) in [4.78, 5) is 0. The average Bonchev–Trinajstić information content (AvgIpc) is 2.05. The normalized spacial score (nSPS) is 10.2. The number of aryl methyl sites for hydroxylation is 1. The van der Waals surface area contributed by atoms with Crippen molar-refractivity contribution in [3.8, 4) is 0 Å². The lowest BCUT2D eigenvalue weighted by Gasteiger charge is -2.09. The Balaban J connectivity index is 3.00. The zero-order chi connectivity index (χ0) is 8.97. The molecule has 0 radical (unpaired) electrons. The lowest BCUT2D eigenvalue weighted by molar-refractivity contribution is 0.360. The van der Waals surface area contributed by atoms with Crippen LogP contribution in [0.4, 0.5) is 0 Å². The van der Waals surface area contributed by atoms with Crippen molar-refractivity contribution in [2.75, 3.05) is 0 Å². The number of rotatable bonds is 3. The number of hydrogen-bond acceptors (Lipinski definition) is 1. The summed E-state index contributed by atoms with van der Waals surface area (Å²) in [5.41, 5.74) is 4.07. The maximum atomic E-state index is 5.04. The fourth-order valence-corrected chi connectivity index (χ4v) is 1.67. The zero-order valence-electron chi connectivity index (χ0n) is 7.63. The summed E-state index contributed by atoms with van der Waals surface area (Å²) in [7, 11) is 2.29. The molecule has 0 amide bonds. The molecule has 2 heteroatoms. The first-order chi connectivity index (χ1) is 5.79. The first-order valence-electron chi connectivity index (χ1n) is 4.18. The van der Waals surface area contributed by atoms with Gasteiger partial charge in [-0.25, -0.2) is 0 Å². The van der Waals surface area contributed by atoms with Gasteiger partial charge in [0, 0.05) is 9.47 Å². The van der Waals surface area contributed by atoms with Crippen LogP contribution in [0.3, 0.4) is 0 Å². The standard InChI is InChI=1S/C10H15OP/c1-3-10-8(2)5-4-6-9(10)7-11-12/h4-6H,3,7,12H2,1-2H3. The SMILES string of the molecule is CCc1c(C)cccc1COP. The Morgan fingerprint density at radius 3 is 2.75 bits per heavy atom. The highest BCUT2D eigenvalue weighted by atomic mass is 31.0. The minimum atomic E-state index is 0.690. The molecule has 0 saturated carbocycles. The summed E-state index contributed by atoms with van der Waals surface area (Å²) in [5, 5.41) is 0. The molecule has 1 nitrogen and oxygen atoms in total. The molecule has 0 aliphatic heterocycles. The molecule has 0 fully saturated rings. The Bertz CT molecular complexity index is 258. The molecule has 1 rings (SSSR count). The molecular weight excluding hydrogens is 167 g/mol. The maximum absolute atomic E-state index is 5.04. The van der Waals surface area contributed by atoms with E-state index in [1.54, 1.807) is 0 Å². The highest BCUT2D eigenvalue weighted by Gasteiger charge is 2.01. The quantitative estimate of drug-likeness (QED) is 0.653. The Hall–Kier alpha value is -0.390. The number of hydrogen-bond donors (Lipinski definition) is 0. The van der Waals surface area contributed by atoms with Crippen molar-refractivity contribution in [2.24, 2.45) is 0 Å². The van der Waals surface area contributed by atoms with E-state index in [0.717, 1.165) is 6.42 Å². The fraction of sp³-hybridized carbons (Fsp3) is 0.400. The van der Waals surface area contributed by atoms with Crippen molar-refractivity contribution in [2.45, 2.75) is 26.9 Å². The Labute approximate surface area is 76.4 Å². The summed E-state index contributed by atoms with van der Waals surface area (Å²) in [6.45, 7) is 5.01. The first-order valence-corrected chi connectivity index (χ1v) is 4.65. The molecule has 1 aromatic rings. The van der Waals surface area contributed by atoms with Crippen LogP contribution in [0.25, 0.3) is 0 Å². The summed E-state index contributed by atoms with van der Waals surface area (Å²) in [6, 6.07) is 6.34. The van der Waals surface area contributed by atoms with E-state index >= 15 is 0 Å². The van der Waals surface area contributed by atoms with Gasteiger partial charge in [0.1, 0.15) is 0 Å². The molecule has 1 aromatic carbocycles. The molecule has 0 saturated heterocycles. The van der Waals surface area contributed by atoms with Gasteiger partial charge >= 0.3 is 0 Å². The zero-order valence-corrected chi connectivity index (χ0v) is 8.79. The molecule has 0 heterocycles. The third-order valence-electron chi connectivity index (χ3n) is 2.10. The Kier molecular flexibility index (Phi) is 3.71. The summed E-state index contributed by atoms with van der Waals surface area (Å²) >= 11 is 0. The first kappa shape index (κ1) is 9.70. The van der Waals surface area contributed by atoms with Crippen LogP contribution >= 0.6 is 9.47 Å². The highest BCUT2D eigenvalue weighted by molar-refractivity contribution is 7.09. The van der Waals surface area contributed by atoms with Gasteiger partial charge in [-0.2, -0.15) is 0 Å². The lowest BCUT2D eigenvalue weighted by Crippen LogP contribution is -1.95. The van der Waals surface area contributed by atoms with E-state index in [2.05, 4.69) is 41.5 Å². The van der Waals surface area contributed by atoms with E-state index in [-0.39, 0.29) is 0 Å². The van der Waals surface area contributed by atoms with Crippen LogP contribution in [-0.2, 0) is 17.6 Å². The highest BCUT2D eigenvalue weighted by Crippen LogP contribution is 2.16. The molecule has 0 spiro atoms. The molecule has 12 heavy (non-hydrogen) atoms. The molecule has 0 aromatic heterocycles. The van der Waals surface area contributed by atoms with E-state index < -0.39 is 0 Å². The summed E-state index contributed by atoms with van der Waals surface area (Å²) < 4.78 is 5.04. The Morgan fingerprint density at radius 2 is 2.17 bits per heavy atom. The van der Waals surface area contributed by atoms with Gasteiger partial charge in [0.05, 0.1) is 6.61 Å². The molecule has 0 N–H and O–H groups in total. The van der Waals surface area contributed by atoms with Crippen molar-refractivity contribution >= 4 is 9.47 Å². The second-order valence-corrected chi connectivity index (χ2v) is 3.21. The van der Waals surface area contributed by atoms with Crippen LogP contribution in [0.1, 0.15) is 23.6 Å². The van der Waals surface area contributed by atoms with Crippen LogP contribution in [0, 0.1) is 6.92 Å². The van der Waals surface area contributed by atoms with Crippen LogP contribution in [0.2, 0.25) is 0 Å². The molecule has 1 atom stereocenters. The smallest absolute Gasteiger partial charge is 0.0755 e. The van der Waals surface area contributed by atoms with Gasteiger partial charge in [0.2, 0.25) is 0 Å². The van der Waals surface area contributed by atoms with Crippen molar-refractivity contribution < 1.29 is 4.52 Å². The predicted octanol–water partition coefficient (Wildman–Crippen LogP) is 2.86. The lowest BCUT2D eigenvalue weighted by atomic mass is 10.0. The van der Waals surface area contributed by atoms with Gasteiger partial charge in [-0.15, -0.1) is 0 Å². The van der Waals surface area contributed by atoms with Crippen molar-refractivity contribution in [1.29, 1.82) is 0 Å². The minimum absolute atomic E-state index is 0.690. The largest absolute Gasteiger partial charge is 0.361 e. The third kappa shape index (κ3) is 2.06. The van der Waals surface area contributed by atoms with E-state index in [4.69, 9.17) is 4.52 Å². The van der Waals surface area contributed by atoms with Crippen LogP contribution in [-0.4, -0.2) is 0 Å². The average molecular weight is 182 g/mol. The second-order valence-electron chi connectivity index (χ2n) is 2.88. The van der Waals surface area contributed by atoms with Crippen LogP contribution in [0.5, 0.6) is 0 Å². The van der Waals surface area contributed by atoms with E-state index in [1.165, 1.54) is 16.7 Å². The minimum Gasteiger partial charge on any atom is -0.361 e. The van der Waals surface area contributed by atoms with Gasteiger partial charge in [-0.3, -0.25) is 0 Å². The van der Waals surface area contributed by atoms with Gasteiger partial charge in [-0.1, -0.05) is 25.1 Å². The molecule has 0 aliphatic carbocycles. The van der Waals surface area contributed by atoms with Crippen LogP contribution < -0.4 is 0 Å². The van der Waals surface area contributed by atoms with Gasteiger partial charge < -0.3 is 4.52 Å². The molecule has 66 valence electrons. The number of benzene rings is 1. The Morgan fingerprint density at radius 1 is 1.42 bits per heavy atom. The maximum Gasteiger partial charge on any atom is 0.0755 e. The van der Waals surface area contributed by atoms with Gasteiger partial charge in [-0.05, 0) is 30.0 Å². The molecule has 0 bridgehead atoms. The predicted molar refractivity (Wildman–Crippen MR) is 55.1 cm³/mol. The van der Waals surface area contributed by atoms with Crippen molar-refractivity contribution in [1.82, 2.24) is 0 Å². The van der Waals surface area contributed by atoms with Crippen molar-refractivity contribution in [3.05, 3.63) is 34.9 Å². The molecule has 0 aliphatic rings. The van der Waals surface area contributed by atoms with E-state index in [0.29, 0.717) is 6.61 Å². The summed E-state index contributed by atoms with van der Waals surface area (Å²) in [6.07, 6.45) is 1.08. The molecule has 1 unspecified atom stereocenters. The van der Waals surface area contributed by atoms with Gasteiger partial charge in [0.15, 0.2) is 0 Å². The van der Waals surface area contributed by atoms with Crippen LogP contribution in [0.15, 0.2) is 18.2 Å². The van der Waals surface area contributed by atoms with E-state index in [9.17, 15) is 0 Å². The van der Waals surface area contributed by atoms with E-state index in [1.807, 2.05) is 0 Å². The molecular formula is C10H15OP. The topological polar surface area (TPSA) is 9.23 Å². The fourth-order valence-electron chi connectivity index (χ4n) is 1.49. The third-order valence-corrected chi connectivity index (χ3v) is 2.27. The van der Waals surface area contributed by atoms with Gasteiger partial charge in [0.25, 0.3) is 0 Å². The van der Waals surface area contributed by atoms with Crippen molar-refractivity contribution in [3.63, 3.8) is 0 Å². The summed E-state index contributed by atoms with van der Waals surface area (Å²) in [5.74, 6) is 0.